The average molecular weight is 310 g/mol. The number of hydrogen-bond donors (Lipinski definition) is 1. The van der Waals surface area contributed by atoms with E-state index in [0.29, 0.717) is 13.1 Å². The van der Waals surface area contributed by atoms with Gasteiger partial charge in [-0.3, -0.25) is 9.69 Å². The van der Waals surface area contributed by atoms with Crippen LogP contribution in [0.5, 0.6) is 0 Å². The maximum absolute atomic E-state index is 12.6. The number of urea groups is 1. The van der Waals surface area contributed by atoms with Crippen LogP contribution in [0.25, 0.3) is 0 Å². The molecule has 1 N–H and O–H groups in total. The predicted octanol–water partition coefficient (Wildman–Crippen LogP) is 1.12. The van der Waals surface area contributed by atoms with Crippen LogP contribution < -0.4 is 5.32 Å². The summed E-state index contributed by atoms with van der Waals surface area (Å²) < 4.78 is 0. The summed E-state index contributed by atoms with van der Waals surface area (Å²) in [7, 11) is 0. The average Bonchev–Trinajstić information content (AvgIpc) is 2.46. The van der Waals surface area contributed by atoms with Crippen molar-refractivity contribution in [2.24, 2.45) is 0 Å². The van der Waals surface area contributed by atoms with Gasteiger partial charge in [0.25, 0.3) is 0 Å². The number of hydrogen-bond acceptors (Lipinski definition) is 3. The molecule has 0 radical (unpaired) electrons. The maximum Gasteiger partial charge on any atom is 0.317 e. The molecule has 0 bridgehead atoms. The van der Waals surface area contributed by atoms with Crippen molar-refractivity contribution in [3.63, 3.8) is 0 Å². The van der Waals surface area contributed by atoms with Crippen molar-refractivity contribution < 1.29 is 9.59 Å². The third-order valence-electron chi connectivity index (χ3n) is 4.52. The summed E-state index contributed by atoms with van der Waals surface area (Å²) in [5.74, 6) is 0.265. The number of piperidine rings is 1. The molecule has 126 valence electrons. The Kier molecular flexibility index (Phi) is 5.67. The van der Waals surface area contributed by atoms with Crippen molar-refractivity contribution in [2.45, 2.75) is 58.7 Å². The van der Waals surface area contributed by atoms with E-state index in [1.807, 2.05) is 23.6 Å². The van der Waals surface area contributed by atoms with E-state index in [1.165, 1.54) is 0 Å². The van der Waals surface area contributed by atoms with Gasteiger partial charge in [-0.2, -0.15) is 0 Å². The molecule has 0 aromatic carbocycles. The summed E-state index contributed by atoms with van der Waals surface area (Å²) in [5.41, 5.74) is 0. The summed E-state index contributed by atoms with van der Waals surface area (Å²) in [6.45, 7) is 11.9. The zero-order valence-electron chi connectivity index (χ0n) is 14.3. The lowest BCUT2D eigenvalue weighted by Gasteiger charge is -2.43. The topological polar surface area (TPSA) is 55.9 Å². The summed E-state index contributed by atoms with van der Waals surface area (Å²) in [6, 6.07) is 0.443. The highest BCUT2D eigenvalue weighted by Crippen LogP contribution is 2.20. The fourth-order valence-electron chi connectivity index (χ4n) is 3.31. The van der Waals surface area contributed by atoms with Gasteiger partial charge in [-0.15, -0.1) is 0 Å². The lowest BCUT2D eigenvalue weighted by atomic mass is 10.0. The second-order valence-corrected chi connectivity index (χ2v) is 6.91. The molecule has 2 heterocycles. The van der Waals surface area contributed by atoms with E-state index in [9.17, 15) is 9.59 Å². The second-order valence-electron chi connectivity index (χ2n) is 6.91. The Labute approximate surface area is 133 Å². The standard InChI is InChI=1S/C16H30N4O2/c1-12(2)17-16(22)19-10-8-18(9-11-19)14-6-5-7-20(13(3)4)15(14)21/h12-14H,5-11H2,1-4H3,(H,17,22)/t14-/m1/s1. The third-order valence-corrected chi connectivity index (χ3v) is 4.52. The number of nitrogens with one attached hydrogen (secondary N) is 1. The quantitative estimate of drug-likeness (QED) is 0.850. The molecule has 1 atom stereocenters. The Hall–Kier alpha value is -1.30. The Balaban J connectivity index is 1.88. The van der Waals surface area contributed by atoms with E-state index >= 15 is 0 Å². The molecule has 2 rings (SSSR count). The van der Waals surface area contributed by atoms with E-state index in [4.69, 9.17) is 0 Å². The molecule has 0 saturated carbocycles. The molecule has 2 saturated heterocycles. The summed E-state index contributed by atoms with van der Waals surface area (Å²) in [4.78, 5) is 30.7. The highest BCUT2D eigenvalue weighted by molar-refractivity contribution is 5.83. The van der Waals surface area contributed by atoms with Gasteiger partial charge in [0.15, 0.2) is 0 Å². The minimum Gasteiger partial charge on any atom is -0.339 e. The Morgan fingerprint density at radius 1 is 1.09 bits per heavy atom. The highest BCUT2D eigenvalue weighted by atomic mass is 16.2. The first-order valence-corrected chi connectivity index (χ1v) is 8.50. The normalized spacial score (nSPS) is 24.3. The maximum atomic E-state index is 12.6. The van der Waals surface area contributed by atoms with Crippen LogP contribution in [0.1, 0.15) is 40.5 Å². The van der Waals surface area contributed by atoms with E-state index in [0.717, 1.165) is 32.5 Å². The number of likely N-dealkylation sites (tertiary alicyclic amines) is 1. The van der Waals surface area contributed by atoms with E-state index < -0.39 is 0 Å². The number of carbonyl (C=O) groups excluding carboxylic acids is 2. The molecule has 2 aliphatic rings. The fourth-order valence-corrected chi connectivity index (χ4v) is 3.31. The summed E-state index contributed by atoms with van der Waals surface area (Å²) in [5, 5.41) is 2.93. The van der Waals surface area contributed by atoms with Gasteiger partial charge in [-0.1, -0.05) is 0 Å². The molecular formula is C16H30N4O2. The minimum atomic E-state index is 0.00598. The van der Waals surface area contributed by atoms with Gasteiger partial charge in [-0.25, -0.2) is 4.79 Å². The monoisotopic (exact) mass is 310 g/mol. The summed E-state index contributed by atoms with van der Waals surface area (Å²) >= 11 is 0. The van der Waals surface area contributed by atoms with E-state index in [2.05, 4.69) is 24.1 Å². The highest BCUT2D eigenvalue weighted by Gasteiger charge is 2.36. The van der Waals surface area contributed by atoms with Crippen molar-refractivity contribution in [3.8, 4) is 0 Å². The number of amides is 3. The van der Waals surface area contributed by atoms with Gasteiger partial charge >= 0.3 is 6.03 Å². The Morgan fingerprint density at radius 2 is 1.73 bits per heavy atom. The van der Waals surface area contributed by atoms with Crippen molar-refractivity contribution in [1.29, 1.82) is 0 Å². The van der Waals surface area contributed by atoms with Crippen LogP contribution in [0.4, 0.5) is 4.79 Å². The molecule has 0 spiro atoms. The van der Waals surface area contributed by atoms with Crippen LogP contribution in [0.3, 0.4) is 0 Å². The molecule has 3 amide bonds. The fraction of sp³-hybridized carbons (Fsp3) is 0.875. The third kappa shape index (κ3) is 3.91. The lowest BCUT2D eigenvalue weighted by molar-refractivity contribution is -0.142. The molecule has 6 nitrogen and oxygen atoms in total. The Bertz CT molecular complexity index is 403. The van der Waals surface area contributed by atoms with Crippen molar-refractivity contribution in [2.75, 3.05) is 32.7 Å². The summed E-state index contributed by atoms with van der Waals surface area (Å²) in [6.07, 6.45) is 2.02. The molecule has 22 heavy (non-hydrogen) atoms. The van der Waals surface area contributed by atoms with Gasteiger partial charge < -0.3 is 15.1 Å². The smallest absolute Gasteiger partial charge is 0.317 e. The molecule has 2 fully saturated rings. The largest absolute Gasteiger partial charge is 0.339 e. The first kappa shape index (κ1) is 17.1. The van der Waals surface area contributed by atoms with Crippen LogP contribution in [0, 0.1) is 0 Å². The SMILES string of the molecule is CC(C)NC(=O)N1CCN([C@@H]2CCCN(C(C)C)C2=O)CC1. The molecule has 0 aliphatic carbocycles. The number of rotatable bonds is 3. The minimum absolute atomic E-state index is 0.00598. The van der Waals surface area contributed by atoms with Crippen LogP contribution in [-0.4, -0.2) is 77.5 Å². The Morgan fingerprint density at radius 3 is 2.27 bits per heavy atom. The van der Waals surface area contributed by atoms with Gasteiger partial charge in [0.05, 0.1) is 6.04 Å². The van der Waals surface area contributed by atoms with Crippen LogP contribution >= 0.6 is 0 Å². The molecule has 6 heteroatoms. The molecule has 0 aromatic rings. The van der Waals surface area contributed by atoms with Gasteiger partial charge in [-0.05, 0) is 40.5 Å². The van der Waals surface area contributed by atoms with Crippen LogP contribution in [-0.2, 0) is 4.79 Å². The van der Waals surface area contributed by atoms with Gasteiger partial charge in [0.2, 0.25) is 5.91 Å². The van der Waals surface area contributed by atoms with E-state index in [-0.39, 0.29) is 30.1 Å². The van der Waals surface area contributed by atoms with E-state index in [1.54, 1.807) is 0 Å². The zero-order chi connectivity index (χ0) is 16.3. The first-order chi connectivity index (χ1) is 10.4. The molecular weight excluding hydrogens is 280 g/mol. The van der Waals surface area contributed by atoms with Crippen LogP contribution in [0.15, 0.2) is 0 Å². The number of carbonyl (C=O) groups is 2. The molecule has 0 unspecified atom stereocenters. The van der Waals surface area contributed by atoms with Crippen LogP contribution in [0.2, 0.25) is 0 Å². The molecule has 2 aliphatic heterocycles. The van der Waals surface area contributed by atoms with Gasteiger partial charge in [0, 0.05) is 44.8 Å². The number of nitrogens with zero attached hydrogens (tertiary/aromatic N) is 3. The number of piperazine rings is 1. The predicted molar refractivity (Wildman–Crippen MR) is 86.7 cm³/mol. The second kappa shape index (κ2) is 7.31. The first-order valence-electron chi connectivity index (χ1n) is 8.50. The van der Waals surface area contributed by atoms with Crippen molar-refractivity contribution >= 4 is 11.9 Å². The van der Waals surface area contributed by atoms with Crippen molar-refractivity contribution in [1.82, 2.24) is 20.0 Å². The molecule has 0 aromatic heterocycles. The van der Waals surface area contributed by atoms with Crippen molar-refractivity contribution in [3.05, 3.63) is 0 Å². The van der Waals surface area contributed by atoms with Gasteiger partial charge in [0.1, 0.15) is 0 Å². The zero-order valence-corrected chi connectivity index (χ0v) is 14.3. The lowest BCUT2D eigenvalue weighted by Crippen LogP contribution is -2.60.